The highest BCUT2D eigenvalue weighted by Crippen LogP contribution is 2.28. The van der Waals surface area contributed by atoms with Crippen molar-refractivity contribution in [1.29, 1.82) is 0 Å². The minimum atomic E-state index is -0.463. The lowest BCUT2D eigenvalue weighted by Crippen LogP contribution is -2.27. The molecule has 0 aliphatic heterocycles. The second-order valence-electron chi connectivity index (χ2n) is 9.33. The fourth-order valence-electron chi connectivity index (χ4n) is 3.34. The number of benzene rings is 2. The van der Waals surface area contributed by atoms with Crippen LogP contribution >= 0.6 is 0 Å². The van der Waals surface area contributed by atoms with Crippen molar-refractivity contribution in [3.8, 4) is 22.5 Å². The van der Waals surface area contributed by atoms with Crippen molar-refractivity contribution >= 4 is 22.9 Å². The van der Waals surface area contributed by atoms with E-state index in [4.69, 9.17) is 10.1 Å². The van der Waals surface area contributed by atoms with Crippen LogP contribution in [0.15, 0.2) is 60.8 Å². The summed E-state index contributed by atoms with van der Waals surface area (Å²) in [6.07, 6.45) is 1.93. The molecule has 1 amide bonds. The third kappa shape index (κ3) is 4.35. The van der Waals surface area contributed by atoms with Crippen molar-refractivity contribution < 1.29 is 4.79 Å². The summed E-state index contributed by atoms with van der Waals surface area (Å²) in [5, 5.41) is 7.82. The molecular formula is C26H29N5O. The molecule has 0 saturated carbocycles. The summed E-state index contributed by atoms with van der Waals surface area (Å²) in [6.45, 7) is 7.70. The number of amides is 1. The van der Waals surface area contributed by atoms with E-state index < -0.39 is 5.41 Å². The topological polar surface area (TPSA) is 62.5 Å². The maximum absolute atomic E-state index is 12.5. The van der Waals surface area contributed by atoms with E-state index in [1.807, 2.05) is 84.4 Å². The molecule has 0 atom stereocenters. The average molecular weight is 428 g/mol. The summed E-state index contributed by atoms with van der Waals surface area (Å²) < 4.78 is 1.81. The Kier molecular flexibility index (Phi) is 5.46. The number of aryl methyl sites for hydroxylation is 1. The van der Waals surface area contributed by atoms with Crippen LogP contribution in [0.2, 0.25) is 0 Å². The third-order valence-corrected chi connectivity index (χ3v) is 5.44. The quantitative estimate of drug-likeness (QED) is 0.472. The summed E-state index contributed by atoms with van der Waals surface area (Å²) in [7, 11) is 4.05. The standard InChI is InChI=1S/C26H29N5O/c1-17-10-11-19(15-22(17)28-25(32)26(2,3)4)23-16-31-24(27-23)13-12-21(29-31)18-8-7-9-20(14-18)30(5)6/h7-16H,1-6H3,(H,28,32). The van der Waals surface area contributed by atoms with Crippen LogP contribution in [-0.4, -0.2) is 34.6 Å². The number of nitrogens with zero attached hydrogens (tertiary/aromatic N) is 4. The first-order valence-corrected chi connectivity index (χ1v) is 10.7. The van der Waals surface area contributed by atoms with Gasteiger partial charge in [-0.1, -0.05) is 45.0 Å². The van der Waals surface area contributed by atoms with Gasteiger partial charge in [0.1, 0.15) is 0 Å². The van der Waals surface area contributed by atoms with Gasteiger partial charge in [-0.2, -0.15) is 5.10 Å². The molecule has 6 nitrogen and oxygen atoms in total. The highest BCUT2D eigenvalue weighted by atomic mass is 16.2. The van der Waals surface area contributed by atoms with Crippen LogP contribution in [0.25, 0.3) is 28.2 Å². The minimum Gasteiger partial charge on any atom is -0.378 e. The Labute approximate surface area is 188 Å². The number of hydrogen-bond acceptors (Lipinski definition) is 4. The summed E-state index contributed by atoms with van der Waals surface area (Å²) in [5.41, 5.74) is 6.92. The molecule has 0 fully saturated rings. The molecule has 4 rings (SSSR count). The number of hydrogen-bond donors (Lipinski definition) is 1. The van der Waals surface area contributed by atoms with E-state index in [0.29, 0.717) is 0 Å². The number of carbonyl (C=O) groups excluding carboxylic acids is 1. The number of anilines is 2. The fraction of sp³-hybridized carbons (Fsp3) is 0.269. The van der Waals surface area contributed by atoms with Gasteiger partial charge in [0.05, 0.1) is 17.6 Å². The zero-order valence-electron chi connectivity index (χ0n) is 19.5. The maximum atomic E-state index is 12.5. The molecule has 0 aliphatic carbocycles. The van der Waals surface area contributed by atoms with Gasteiger partial charge in [-0.15, -0.1) is 0 Å². The Morgan fingerprint density at radius 3 is 2.44 bits per heavy atom. The van der Waals surface area contributed by atoms with E-state index >= 15 is 0 Å². The Morgan fingerprint density at radius 2 is 1.72 bits per heavy atom. The van der Waals surface area contributed by atoms with Crippen molar-refractivity contribution in [1.82, 2.24) is 14.6 Å². The predicted octanol–water partition coefficient (Wildman–Crippen LogP) is 5.42. The van der Waals surface area contributed by atoms with Crippen LogP contribution in [0.4, 0.5) is 11.4 Å². The number of aromatic nitrogens is 3. The van der Waals surface area contributed by atoms with Crippen LogP contribution in [0.5, 0.6) is 0 Å². The molecule has 0 radical (unpaired) electrons. The lowest BCUT2D eigenvalue weighted by molar-refractivity contribution is -0.123. The molecular weight excluding hydrogens is 398 g/mol. The summed E-state index contributed by atoms with van der Waals surface area (Å²) in [4.78, 5) is 19.3. The van der Waals surface area contributed by atoms with Gasteiger partial charge in [-0.3, -0.25) is 4.79 Å². The summed E-state index contributed by atoms with van der Waals surface area (Å²) in [5.74, 6) is -0.0148. The molecule has 0 spiro atoms. The van der Waals surface area contributed by atoms with Crippen LogP contribution in [0.1, 0.15) is 26.3 Å². The molecule has 0 bridgehead atoms. The van der Waals surface area contributed by atoms with E-state index in [2.05, 4.69) is 28.4 Å². The first-order valence-electron chi connectivity index (χ1n) is 10.7. The second-order valence-corrected chi connectivity index (χ2v) is 9.33. The SMILES string of the molecule is Cc1ccc(-c2cn3nc(-c4cccc(N(C)C)c4)ccc3n2)cc1NC(=O)C(C)(C)C. The number of rotatable bonds is 4. The van der Waals surface area contributed by atoms with Gasteiger partial charge >= 0.3 is 0 Å². The molecule has 164 valence electrons. The Bertz CT molecular complexity index is 1300. The molecule has 2 aromatic heterocycles. The summed E-state index contributed by atoms with van der Waals surface area (Å²) in [6, 6.07) is 18.3. The second kappa shape index (κ2) is 8.11. The van der Waals surface area contributed by atoms with E-state index in [9.17, 15) is 4.79 Å². The van der Waals surface area contributed by atoms with Gasteiger partial charge < -0.3 is 10.2 Å². The molecule has 6 heteroatoms. The molecule has 0 aliphatic rings. The molecule has 0 saturated heterocycles. The summed E-state index contributed by atoms with van der Waals surface area (Å²) >= 11 is 0. The van der Waals surface area contributed by atoms with Crippen molar-refractivity contribution in [2.24, 2.45) is 5.41 Å². The van der Waals surface area contributed by atoms with Gasteiger partial charge in [0.15, 0.2) is 5.65 Å². The number of nitrogens with one attached hydrogen (secondary N) is 1. The first-order chi connectivity index (χ1) is 15.1. The van der Waals surface area contributed by atoms with Gasteiger partial charge in [-0.25, -0.2) is 9.50 Å². The Balaban J connectivity index is 1.68. The lowest BCUT2D eigenvalue weighted by atomic mass is 9.95. The molecule has 2 heterocycles. The van der Waals surface area contributed by atoms with E-state index in [0.717, 1.165) is 45.1 Å². The third-order valence-electron chi connectivity index (χ3n) is 5.44. The molecule has 32 heavy (non-hydrogen) atoms. The number of imidazole rings is 1. The minimum absolute atomic E-state index is 0.0148. The zero-order valence-corrected chi connectivity index (χ0v) is 19.5. The number of fused-ring (bicyclic) bond motifs is 1. The molecule has 0 unspecified atom stereocenters. The maximum Gasteiger partial charge on any atom is 0.229 e. The largest absolute Gasteiger partial charge is 0.378 e. The van der Waals surface area contributed by atoms with Crippen molar-refractivity contribution in [3.05, 3.63) is 66.4 Å². The Hall–Kier alpha value is -3.67. The highest BCUT2D eigenvalue weighted by molar-refractivity contribution is 5.95. The molecule has 2 aromatic carbocycles. The van der Waals surface area contributed by atoms with Gasteiger partial charge in [0, 0.05) is 42.0 Å². The average Bonchev–Trinajstić information content (AvgIpc) is 3.18. The van der Waals surface area contributed by atoms with E-state index in [1.54, 1.807) is 4.52 Å². The highest BCUT2D eigenvalue weighted by Gasteiger charge is 2.22. The number of carbonyl (C=O) groups is 1. The van der Waals surface area contributed by atoms with Crippen LogP contribution in [0, 0.1) is 12.3 Å². The van der Waals surface area contributed by atoms with Gasteiger partial charge in [0.2, 0.25) is 5.91 Å². The first kappa shape index (κ1) is 21.6. The fourth-order valence-corrected chi connectivity index (χ4v) is 3.34. The van der Waals surface area contributed by atoms with E-state index in [-0.39, 0.29) is 5.91 Å². The van der Waals surface area contributed by atoms with Crippen molar-refractivity contribution in [2.75, 3.05) is 24.3 Å². The van der Waals surface area contributed by atoms with Gasteiger partial charge in [0.25, 0.3) is 0 Å². The normalized spacial score (nSPS) is 11.6. The van der Waals surface area contributed by atoms with Crippen molar-refractivity contribution in [2.45, 2.75) is 27.7 Å². The smallest absolute Gasteiger partial charge is 0.229 e. The molecule has 1 N–H and O–H groups in total. The lowest BCUT2D eigenvalue weighted by Gasteiger charge is -2.19. The van der Waals surface area contributed by atoms with Gasteiger partial charge in [-0.05, 0) is 42.8 Å². The predicted molar refractivity (Wildman–Crippen MR) is 131 cm³/mol. The Morgan fingerprint density at radius 1 is 0.969 bits per heavy atom. The van der Waals surface area contributed by atoms with Crippen LogP contribution in [-0.2, 0) is 4.79 Å². The zero-order chi connectivity index (χ0) is 23.0. The molecule has 4 aromatic rings. The van der Waals surface area contributed by atoms with Crippen LogP contribution < -0.4 is 10.2 Å². The van der Waals surface area contributed by atoms with E-state index in [1.165, 1.54) is 0 Å². The monoisotopic (exact) mass is 427 g/mol. The van der Waals surface area contributed by atoms with Crippen LogP contribution in [0.3, 0.4) is 0 Å². The van der Waals surface area contributed by atoms with Crippen molar-refractivity contribution in [3.63, 3.8) is 0 Å².